The lowest BCUT2D eigenvalue weighted by Crippen LogP contribution is -2.00. The van der Waals surface area contributed by atoms with Gasteiger partial charge < -0.3 is 9.47 Å². The molecule has 0 aliphatic rings. The normalized spacial score (nSPS) is 9.93. The van der Waals surface area contributed by atoms with E-state index in [-0.39, 0.29) is 0 Å². The van der Waals surface area contributed by atoms with Crippen molar-refractivity contribution in [3.63, 3.8) is 0 Å². The number of para-hydroxylation sites is 1. The van der Waals surface area contributed by atoms with Crippen LogP contribution in [-0.4, -0.2) is 19.5 Å². The van der Waals surface area contributed by atoms with Crippen molar-refractivity contribution in [2.24, 2.45) is 0 Å². The third-order valence-corrected chi connectivity index (χ3v) is 2.02. The summed E-state index contributed by atoms with van der Waals surface area (Å²) in [6.07, 6.45) is 0. The Labute approximate surface area is 87.6 Å². The molecule has 1 aromatic rings. The zero-order chi connectivity index (χ0) is 10.6. The van der Waals surface area contributed by atoms with Crippen molar-refractivity contribution in [1.82, 2.24) is 0 Å². The van der Waals surface area contributed by atoms with E-state index in [1.807, 2.05) is 6.07 Å². The van der Waals surface area contributed by atoms with Crippen LogP contribution in [0.4, 0.5) is 0 Å². The second-order valence-electron chi connectivity index (χ2n) is 2.70. The molecule has 1 rings (SSSR count). The molecule has 0 saturated heterocycles. The monoisotopic (exact) mass is 214 g/mol. The summed E-state index contributed by atoms with van der Waals surface area (Å²) in [5, 5.41) is -0.528. The third kappa shape index (κ3) is 2.25. The largest absolute Gasteiger partial charge is 0.496 e. The fourth-order valence-corrected chi connectivity index (χ4v) is 1.40. The SMILES string of the molecule is COCc1cccc(C(=O)Cl)c1OC. The van der Waals surface area contributed by atoms with Crippen LogP contribution in [0.5, 0.6) is 5.75 Å². The quantitative estimate of drug-likeness (QED) is 0.721. The van der Waals surface area contributed by atoms with Crippen LogP contribution in [0, 0.1) is 0 Å². The molecule has 14 heavy (non-hydrogen) atoms. The Morgan fingerprint density at radius 2 is 2.14 bits per heavy atom. The molecule has 0 aliphatic carbocycles. The fraction of sp³-hybridized carbons (Fsp3) is 0.300. The summed E-state index contributed by atoms with van der Waals surface area (Å²) in [7, 11) is 3.08. The molecule has 0 radical (unpaired) electrons. The molecule has 0 fully saturated rings. The van der Waals surface area contributed by atoms with Gasteiger partial charge in [-0.05, 0) is 17.7 Å². The maximum Gasteiger partial charge on any atom is 0.256 e. The van der Waals surface area contributed by atoms with Gasteiger partial charge in [-0.15, -0.1) is 0 Å². The summed E-state index contributed by atoms with van der Waals surface area (Å²) in [6.45, 7) is 0.390. The molecule has 4 heteroatoms. The second kappa shape index (κ2) is 4.98. The first-order valence-electron chi connectivity index (χ1n) is 4.05. The highest BCUT2D eigenvalue weighted by Gasteiger charge is 2.13. The van der Waals surface area contributed by atoms with E-state index in [0.29, 0.717) is 17.9 Å². The lowest BCUT2D eigenvalue weighted by atomic mass is 10.1. The molecule has 0 aromatic heterocycles. The topological polar surface area (TPSA) is 35.5 Å². The van der Waals surface area contributed by atoms with Crippen molar-refractivity contribution in [2.75, 3.05) is 14.2 Å². The lowest BCUT2D eigenvalue weighted by molar-refractivity contribution is 0.107. The first-order valence-corrected chi connectivity index (χ1v) is 4.43. The van der Waals surface area contributed by atoms with Crippen LogP contribution < -0.4 is 4.74 Å². The molecule has 0 atom stereocenters. The first kappa shape index (κ1) is 11.0. The maximum atomic E-state index is 11.0. The molecule has 0 spiro atoms. The Bertz CT molecular complexity index is 336. The van der Waals surface area contributed by atoms with Crippen LogP contribution in [0.2, 0.25) is 0 Å². The predicted octanol–water partition coefficient (Wildman–Crippen LogP) is 2.22. The Morgan fingerprint density at radius 3 is 2.64 bits per heavy atom. The minimum atomic E-state index is -0.528. The van der Waals surface area contributed by atoms with E-state index >= 15 is 0 Å². The molecular weight excluding hydrogens is 204 g/mol. The lowest BCUT2D eigenvalue weighted by Gasteiger charge is -2.10. The average molecular weight is 215 g/mol. The number of rotatable bonds is 4. The summed E-state index contributed by atoms with van der Waals surface area (Å²) in [4.78, 5) is 11.0. The maximum absolute atomic E-state index is 11.0. The van der Waals surface area contributed by atoms with Gasteiger partial charge in [0.1, 0.15) is 5.75 Å². The Kier molecular flexibility index (Phi) is 3.92. The van der Waals surface area contributed by atoms with E-state index in [0.717, 1.165) is 5.56 Å². The zero-order valence-corrected chi connectivity index (χ0v) is 8.80. The van der Waals surface area contributed by atoms with Crippen LogP contribution in [0.3, 0.4) is 0 Å². The molecule has 0 bridgehead atoms. The van der Waals surface area contributed by atoms with Crippen LogP contribution in [0.1, 0.15) is 15.9 Å². The minimum absolute atomic E-state index is 0.365. The first-order chi connectivity index (χ1) is 6.70. The number of hydrogen-bond acceptors (Lipinski definition) is 3. The van der Waals surface area contributed by atoms with E-state index in [4.69, 9.17) is 21.1 Å². The molecule has 0 unspecified atom stereocenters. The molecule has 0 N–H and O–H groups in total. The van der Waals surface area contributed by atoms with E-state index in [2.05, 4.69) is 0 Å². The number of carbonyl (C=O) groups excluding carboxylic acids is 1. The summed E-state index contributed by atoms with van der Waals surface area (Å²) in [5.74, 6) is 0.481. The summed E-state index contributed by atoms with van der Waals surface area (Å²) < 4.78 is 10.1. The Morgan fingerprint density at radius 1 is 1.43 bits per heavy atom. The fourth-order valence-electron chi connectivity index (χ4n) is 1.25. The number of hydrogen-bond donors (Lipinski definition) is 0. The Hall–Kier alpha value is -1.06. The summed E-state index contributed by atoms with van der Waals surface area (Å²) in [6, 6.07) is 5.19. The highest BCUT2D eigenvalue weighted by atomic mass is 35.5. The summed E-state index contributed by atoms with van der Waals surface area (Å²) >= 11 is 5.40. The number of benzene rings is 1. The number of methoxy groups -OCH3 is 2. The van der Waals surface area contributed by atoms with Crippen molar-refractivity contribution >= 4 is 16.8 Å². The van der Waals surface area contributed by atoms with Crippen LogP contribution in [0.25, 0.3) is 0 Å². The van der Waals surface area contributed by atoms with Crippen molar-refractivity contribution in [1.29, 1.82) is 0 Å². The van der Waals surface area contributed by atoms with E-state index in [9.17, 15) is 4.79 Å². The third-order valence-electron chi connectivity index (χ3n) is 1.81. The highest BCUT2D eigenvalue weighted by molar-refractivity contribution is 6.68. The molecular formula is C10H11ClO3. The van der Waals surface area contributed by atoms with Gasteiger partial charge in [0.15, 0.2) is 0 Å². The Balaban J connectivity index is 3.17. The van der Waals surface area contributed by atoms with Crippen molar-refractivity contribution in [2.45, 2.75) is 6.61 Å². The molecule has 0 amide bonds. The molecule has 76 valence electrons. The van der Waals surface area contributed by atoms with E-state index in [1.165, 1.54) is 7.11 Å². The molecule has 1 aromatic carbocycles. The van der Waals surface area contributed by atoms with Gasteiger partial charge in [-0.2, -0.15) is 0 Å². The van der Waals surface area contributed by atoms with Crippen LogP contribution >= 0.6 is 11.6 Å². The van der Waals surface area contributed by atoms with E-state index < -0.39 is 5.24 Å². The van der Waals surface area contributed by atoms with Crippen LogP contribution in [-0.2, 0) is 11.3 Å². The van der Waals surface area contributed by atoms with Gasteiger partial charge in [-0.1, -0.05) is 12.1 Å². The number of halogens is 1. The molecule has 0 saturated carbocycles. The molecule has 0 heterocycles. The van der Waals surface area contributed by atoms with Gasteiger partial charge in [0.25, 0.3) is 5.24 Å². The van der Waals surface area contributed by atoms with Gasteiger partial charge in [0.05, 0.1) is 19.3 Å². The van der Waals surface area contributed by atoms with Crippen molar-refractivity contribution in [3.8, 4) is 5.75 Å². The average Bonchev–Trinajstić information content (AvgIpc) is 2.18. The van der Waals surface area contributed by atoms with Crippen LogP contribution in [0.15, 0.2) is 18.2 Å². The van der Waals surface area contributed by atoms with Gasteiger partial charge >= 0.3 is 0 Å². The highest BCUT2D eigenvalue weighted by Crippen LogP contribution is 2.25. The smallest absolute Gasteiger partial charge is 0.256 e. The predicted molar refractivity (Wildman–Crippen MR) is 53.9 cm³/mol. The molecule has 3 nitrogen and oxygen atoms in total. The van der Waals surface area contributed by atoms with Crippen molar-refractivity contribution in [3.05, 3.63) is 29.3 Å². The minimum Gasteiger partial charge on any atom is -0.496 e. The van der Waals surface area contributed by atoms with E-state index in [1.54, 1.807) is 19.2 Å². The van der Waals surface area contributed by atoms with Gasteiger partial charge in [-0.3, -0.25) is 4.79 Å². The van der Waals surface area contributed by atoms with Gasteiger partial charge in [0.2, 0.25) is 0 Å². The number of ether oxygens (including phenoxy) is 2. The zero-order valence-electron chi connectivity index (χ0n) is 8.04. The van der Waals surface area contributed by atoms with Crippen molar-refractivity contribution < 1.29 is 14.3 Å². The van der Waals surface area contributed by atoms with Gasteiger partial charge in [-0.25, -0.2) is 0 Å². The van der Waals surface area contributed by atoms with Gasteiger partial charge in [0, 0.05) is 12.7 Å². The number of carbonyl (C=O) groups is 1. The summed E-state index contributed by atoms with van der Waals surface area (Å²) in [5.41, 5.74) is 1.17. The molecule has 0 aliphatic heterocycles. The standard InChI is InChI=1S/C10H11ClO3/c1-13-6-7-4-3-5-8(10(11)12)9(7)14-2/h3-5H,6H2,1-2H3. The second-order valence-corrected chi connectivity index (χ2v) is 3.05.